The molecule has 68 heavy (non-hydrogen) atoms. The van der Waals surface area contributed by atoms with Crippen LogP contribution < -0.4 is 0 Å². The van der Waals surface area contributed by atoms with Gasteiger partial charge < -0.3 is 9.13 Å². The summed E-state index contributed by atoms with van der Waals surface area (Å²) in [6.45, 7) is 9.31. The second-order valence-electron chi connectivity index (χ2n) is 18.2. The number of benzene rings is 9. The Balaban J connectivity index is 1.25. The highest BCUT2D eigenvalue weighted by molar-refractivity contribution is 7.26. The average Bonchev–Trinajstić information content (AvgIpc) is 4.14. The van der Waals surface area contributed by atoms with Crippen LogP contribution >= 0.6 is 22.7 Å². The number of fused-ring (bicyclic) bond motifs is 14. The van der Waals surface area contributed by atoms with Gasteiger partial charge in [-0.2, -0.15) is 5.26 Å². The van der Waals surface area contributed by atoms with Crippen molar-refractivity contribution in [3.63, 3.8) is 0 Å². The molecule has 4 heterocycles. The van der Waals surface area contributed by atoms with Gasteiger partial charge in [0.05, 0.1) is 39.9 Å². The lowest BCUT2D eigenvalue weighted by Gasteiger charge is -2.33. The smallest absolute Gasteiger partial charge is 0.0998 e. The molecule has 0 spiro atoms. The average molecular weight is 910 g/mol. The molecule has 1 atom stereocenters. The number of nitrogens with zero attached hydrogens (tertiary/aromatic N) is 3. The Hall–Kier alpha value is -7.49. The second kappa shape index (κ2) is 15.8. The number of aromatic nitrogens is 2. The van der Waals surface area contributed by atoms with Gasteiger partial charge in [-0.05, 0) is 120 Å². The molecule has 1 unspecified atom stereocenters. The Morgan fingerprint density at radius 1 is 0.471 bits per heavy atom. The van der Waals surface area contributed by atoms with E-state index in [1.54, 1.807) is 0 Å². The minimum Gasteiger partial charge on any atom is -0.333 e. The Bertz CT molecular complexity index is 4260. The molecule has 0 aliphatic heterocycles. The quantitative estimate of drug-likeness (QED) is 0.150. The molecule has 3 nitrogen and oxygen atoms in total. The van der Waals surface area contributed by atoms with Crippen molar-refractivity contribution < 1.29 is 0 Å². The molecule has 9 aromatic carbocycles. The number of thiophene rings is 2. The Labute approximate surface area is 403 Å². The molecule has 0 aliphatic rings. The van der Waals surface area contributed by atoms with Gasteiger partial charge in [-0.3, -0.25) is 0 Å². The normalized spacial score (nSPS) is 12.5. The third-order valence-corrected chi connectivity index (χ3v) is 17.1. The largest absolute Gasteiger partial charge is 0.333 e. The predicted molar refractivity (Wildman–Crippen MR) is 294 cm³/mol. The van der Waals surface area contributed by atoms with Gasteiger partial charge in [0.15, 0.2) is 0 Å². The Morgan fingerprint density at radius 2 is 0.971 bits per heavy atom. The fourth-order valence-corrected chi connectivity index (χ4v) is 14.3. The van der Waals surface area contributed by atoms with Crippen LogP contribution in [-0.4, -0.2) is 9.13 Å². The van der Waals surface area contributed by atoms with Crippen LogP contribution in [0.15, 0.2) is 170 Å². The number of hydrogen-bond donors (Lipinski definition) is 0. The number of nitriles is 1. The number of rotatable bonds is 8. The first-order valence-electron chi connectivity index (χ1n) is 24.0. The highest BCUT2D eigenvalue weighted by Crippen LogP contribution is 2.53. The van der Waals surface area contributed by atoms with Crippen molar-refractivity contribution >= 4 is 107 Å². The molecule has 0 saturated heterocycles. The molecule has 326 valence electrons. The summed E-state index contributed by atoms with van der Waals surface area (Å²) < 4.78 is 10.5. The van der Waals surface area contributed by atoms with Crippen LogP contribution in [0.3, 0.4) is 0 Å². The first-order chi connectivity index (χ1) is 33.5. The zero-order chi connectivity index (χ0) is 45.8. The van der Waals surface area contributed by atoms with E-state index in [1.165, 1.54) is 129 Å². The van der Waals surface area contributed by atoms with E-state index in [9.17, 15) is 5.26 Å². The maximum absolute atomic E-state index is 11.1. The minimum atomic E-state index is -0.101. The lowest BCUT2D eigenvalue weighted by molar-refractivity contribution is 0.602. The maximum atomic E-state index is 11.1. The van der Waals surface area contributed by atoms with Gasteiger partial charge in [0.2, 0.25) is 0 Å². The highest BCUT2D eigenvalue weighted by Gasteiger charge is 2.34. The van der Waals surface area contributed by atoms with Crippen LogP contribution in [0.25, 0.3) is 112 Å². The van der Waals surface area contributed by atoms with Crippen LogP contribution in [0.2, 0.25) is 0 Å². The Kier molecular flexibility index (Phi) is 9.48. The molecule has 13 rings (SSSR count). The number of aryl methyl sites for hydroxylation is 1. The van der Waals surface area contributed by atoms with Crippen LogP contribution in [0, 0.1) is 18.3 Å². The first kappa shape index (κ1) is 40.8. The predicted octanol–water partition coefficient (Wildman–Crippen LogP) is 18.3. The van der Waals surface area contributed by atoms with Gasteiger partial charge in [-0.1, -0.05) is 136 Å². The fourth-order valence-electron chi connectivity index (χ4n) is 12.1. The molecular formula is C63H47N3S2. The van der Waals surface area contributed by atoms with E-state index in [1.807, 2.05) is 34.8 Å². The van der Waals surface area contributed by atoms with Crippen LogP contribution in [-0.2, 0) is 12.8 Å². The van der Waals surface area contributed by atoms with Crippen molar-refractivity contribution in [3.05, 3.63) is 198 Å². The zero-order valence-corrected chi connectivity index (χ0v) is 40.2. The van der Waals surface area contributed by atoms with Gasteiger partial charge in [0.25, 0.3) is 0 Å². The molecule has 0 saturated carbocycles. The molecule has 0 radical (unpaired) electrons. The lowest BCUT2D eigenvalue weighted by Crippen LogP contribution is -2.18. The number of hydrogen-bond acceptors (Lipinski definition) is 3. The van der Waals surface area contributed by atoms with E-state index >= 15 is 0 Å². The van der Waals surface area contributed by atoms with Crippen molar-refractivity contribution in [2.45, 2.75) is 53.0 Å². The van der Waals surface area contributed by atoms with E-state index in [0.29, 0.717) is 5.56 Å². The SMILES string of the molecule is CCc1c(-c2ccccc2C)c(C(CC)n2c3ccccc3c3c4c(ccc32)sc2ccccc24)c(-c2ccccc2C#N)c(CC)c1-n1c2ccccc2c2c3c(ccc21)sc1ccccc13. The van der Waals surface area contributed by atoms with E-state index in [0.717, 1.165) is 24.8 Å². The van der Waals surface area contributed by atoms with Gasteiger partial charge in [0, 0.05) is 73.0 Å². The van der Waals surface area contributed by atoms with Gasteiger partial charge in [-0.15, -0.1) is 22.7 Å². The van der Waals surface area contributed by atoms with Crippen molar-refractivity contribution in [3.8, 4) is 34.0 Å². The van der Waals surface area contributed by atoms with Crippen molar-refractivity contribution in [2.24, 2.45) is 0 Å². The molecule has 0 amide bonds. The summed E-state index contributed by atoms with van der Waals surface area (Å²) in [6.07, 6.45) is 2.41. The summed E-state index contributed by atoms with van der Waals surface area (Å²) in [5, 5.41) is 21.5. The van der Waals surface area contributed by atoms with Gasteiger partial charge >= 0.3 is 0 Å². The summed E-state index contributed by atoms with van der Waals surface area (Å²) in [5.74, 6) is 0. The maximum Gasteiger partial charge on any atom is 0.0998 e. The van der Waals surface area contributed by atoms with Gasteiger partial charge in [-0.25, -0.2) is 0 Å². The molecule has 0 fully saturated rings. The van der Waals surface area contributed by atoms with E-state index in [4.69, 9.17) is 0 Å². The molecule has 5 heteroatoms. The third kappa shape index (κ3) is 5.68. The monoisotopic (exact) mass is 909 g/mol. The van der Waals surface area contributed by atoms with Crippen molar-refractivity contribution in [2.75, 3.05) is 0 Å². The highest BCUT2D eigenvalue weighted by atomic mass is 32.1. The fraction of sp³-hybridized carbons (Fsp3) is 0.127. The van der Waals surface area contributed by atoms with Gasteiger partial charge in [0.1, 0.15) is 0 Å². The van der Waals surface area contributed by atoms with Crippen LogP contribution in [0.4, 0.5) is 0 Å². The summed E-state index contributed by atoms with van der Waals surface area (Å²) in [7, 11) is 0. The third-order valence-electron chi connectivity index (χ3n) is 14.8. The zero-order valence-electron chi connectivity index (χ0n) is 38.5. The van der Waals surface area contributed by atoms with E-state index in [2.05, 4.69) is 201 Å². The summed E-state index contributed by atoms with van der Waals surface area (Å²) in [4.78, 5) is 0. The standard InChI is InChI=1S/C63H47N3S2/c1-5-39-56(41-22-10-8-20-37(41)4)62(47(7-3)65-48-28-16-12-24-43(48)58-50(65)32-34-54-60(58)45-26-14-18-30-52(45)67-54)57(42-23-11-9-21-38(42)36-64)40(6-2)63(39)66-49-29-17-13-25-44(49)59-51(66)33-35-55-61(59)46-27-15-19-31-53(46)68-55/h8-35,47H,5-7H2,1-4H3. The lowest BCUT2D eigenvalue weighted by atomic mass is 9.77. The van der Waals surface area contributed by atoms with Crippen molar-refractivity contribution in [1.82, 2.24) is 9.13 Å². The second-order valence-corrected chi connectivity index (χ2v) is 20.3. The van der Waals surface area contributed by atoms with E-state index < -0.39 is 0 Å². The molecule has 0 N–H and O–H groups in total. The van der Waals surface area contributed by atoms with Crippen molar-refractivity contribution in [1.29, 1.82) is 5.26 Å². The van der Waals surface area contributed by atoms with E-state index in [-0.39, 0.29) is 6.04 Å². The molecule has 0 bridgehead atoms. The van der Waals surface area contributed by atoms with Crippen LogP contribution in [0.1, 0.15) is 61.1 Å². The van der Waals surface area contributed by atoms with Crippen LogP contribution in [0.5, 0.6) is 0 Å². The molecule has 13 aromatic rings. The summed E-state index contributed by atoms with van der Waals surface area (Å²) >= 11 is 3.76. The molecule has 0 aliphatic carbocycles. The first-order valence-corrected chi connectivity index (χ1v) is 25.6. The summed E-state index contributed by atoms with van der Waals surface area (Å²) in [6, 6.07) is 65.3. The molecular weight excluding hydrogens is 863 g/mol. The summed E-state index contributed by atoms with van der Waals surface area (Å²) in [5.41, 5.74) is 16.5. The molecule has 4 aromatic heterocycles. The Morgan fingerprint density at radius 3 is 1.59 bits per heavy atom. The topological polar surface area (TPSA) is 33.6 Å². The minimum absolute atomic E-state index is 0.101. The number of para-hydroxylation sites is 2.